The number of benzene rings is 1. The van der Waals surface area contributed by atoms with E-state index in [1.807, 2.05) is 4.90 Å². The number of nitrogens with two attached hydrogens (primary N) is 1. The number of hydrogen-bond acceptors (Lipinski definition) is 5. The standard InChI is InChI=1S/C24H36N4O4/c25-23(26)17-9-11-20(12-10-17)32-15-13-19-8-4-5-14-28(19)24(31)21(16-22(29)30)27-18-6-2-1-3-7-18/h9-12,18-19,21,27H,1-8,13-16H2,(H3,25,26)(H,29,30)/t19-,21+/m1/s1. The van der Waals surface area contributed by atoms with Crippen LogP contribution in [-0.4, -0.2) is 59.0 Å². The van der Waals surface area contributed by atoms with E-state index >= 15 is 0 Å². The Morgan fingerprint density at radius 3 is 2.47 bits per heavy atom. The molecule has 0 radical (unpaired) electrons. The maximum absolute atomic E-state index is 13.4. The Balaban J connectivity index is 1.58. The number of carboxylic acids is 1. The molecule has 1 saturated heterocycles. The summed E-state index contributed by atoms with van der Waals surface area (Å²) in [5.41, 5.74) is 6.13. The van der Waals surface area contributed by atoms with Crippen LogP contribution in [-0.2, 0) is 9.59 Å². The van der Waals surface area contributed by atoms with Crippen LogP contribution in [0.25, 0.3) is 0 Å². The average Bonchev–Trinajstić information content (AvgIpc) is 2.79. The second-order valence-corrected chi connectivity index (χ2v) is 8.91. The van der Waals surface area contributed by atoms with Gasteiger partial charge in [0.05, 0.1) is 19.1 Å². The summed E-state index contributed by atoms with van der Waals surface area (Å²) in [6, 6.07) is 6.69. The summed E-state index contributed by atoms with van der Waals surface area (Å²) in [7, 11) is 0. The number of nitrogen functional groups attached to an aromatic ring is 1. The number of nitrogens with one attached hydrogen (secondary N) is 2. The molecule has 5 N–H and O–H groups in total. The molecule has 0 bridgehead atoms. The molecular weight excluding hydrogens is 408 g/mol. The van der Waals surface area contributed by atoms with Gasteiger partial charge < -0.3 is 25.8 Å². The van der Waals surface area contributed by atoms with Gasteiger partial charge in [0.25, 0.3) is 0 Å². The first-order chi connectivity index (χ1) is 15.4. The SMILES string of the molecule is N=C(N)c1ccc(OCC[C@H]2CCCCN2C(=O)[C@H](CC(=O)O)NC2CCCCC2)cc1. The van der Waals surface area contributed by atoms with Crippen LogP contribution in [0.1, 0.15) is 69.8 Å². The molecule has 1 amide bonds. The fourth-order valence-corrected chi connectivity index (χ4v) is 4.78. The largest absolute Gasteiger partial charge is 0.494 e. The smallest absolute Gasteiger partial charge is 0.305 e. The Bertz CT molecular complexity index is 777. The lowest BCUT2D eigenvalue weighted by Gasteiger charge is -2.39. The minimum absolute atomic E-state index is 0.0191. The van der Waals surface area contributed by atoms with Crippen molar-refractivity contribution in [2.75, 3.05) is 13.2 Å². The van der Waals surface area contributed by atoms with Crippen molar-refractivity contribution in [2.24, 2.45) is 5.73 Å². The van der Waals surface area contributed by atoms with Gasteiger partial charge in [-0.05, 0) is 56.4 Å². The van der Waals surface area contributed by atoms with Crippen molar-refractivity contribution in [3.63, 3.8) is 0 Å². The third kappa shape index (κ3) is 6.95. The van der Waals surface area contributed by atoms with Gasteiger partial charge in [0.15, 0.2) is 0 Å². The molecule has 176 valence electrons. The van der Waals surface area contributed by atoms with E-state index in [9.17, 15) is 14.7 Å². The second-order valence-electron chi connectivity index (χ2n) is 8.91. The van der Waals surface area contributed by atoms with Crippen molar-refractivity contribution in [3.05, 3.63) is 29.8 Å². The number of carboxylic acid groups (broad SMARTS) is 1. The van der Waals surface area contributed by atoms with Gasteiger partial charge in [0.2, 0.25) is 5.91 Å². The van der Waals surface area contributed by atoms with E-state index in [1.54, 1.807) is 24.3 Å². The Morgan fingerprint density at radius 2 is 1.81 bits per heavy atom. The van der Waals surface area contributed by atoms with E-state index in [1.165, 1.54) is 6.42 Å². The number of aliphatic carboxylic acids is 1. The number of piperidine rings is 1. The van der Waals surface area contributed by atoms with E-state index in [0.29, 0.717) is 30.9 Å². The number of likely N-dealkylation sites (tertiary alicyclic amines) is 1. The molecule has 0 spiro atoms. The third-order valence-electron chi connectivity index (χ3n) is 6.51. The maximum atomic E-state index is 13.4. The zero-order valence-electron chi connectivity index (χ0n) is 18.7. The molecule has 1 aliphatic heterocycles. The predicted molar refractivity (Wildman–Crippen MR) is 123 cm³/mol. The van der Waals surface area contributed by atoms with Crippen molar-refractivity contribution in [1.29, 1.82) is 5.41 Å². The van der Waals surface area contributed by atoms with Crippen molar-refractivity contribution in [3.8, 4) is 5.75 Å². The Kier molecular flexibility index (Phi) is 8.90. The number of ether oxygens (including phenoxy) is 1. The third-order valence-corrected chi connectivity index (χ3v) is 6.51. The van der Waals surface area contributed by atoms with E-state index in [0.717, 1.165) is 44.9 Å². The van der Waals surface area contributed by atoms with Crippen LogP contribution in [0.2, 0.25) is 0 Å². The van der Waals surface area contributed by atoms with E-state index in [4.69, 9.17) is 15.9 Å². The number of hydrogen-bond donors (Lipinski definition) is 4. The van der Waals surface area contributed by atoms with Gasteiger partial charge in [-0.3, -0.25) is 15.0 Å². The molecular formula is C24H36N4O4. The first-order valence-electron chi connectivity index (χ1n) is 11.8. The molecule has 1 aromatic carbocycles. The summed E-state index contributed by atoms with van der Waals surface area (Å²) in [5, 5.41) is 20.2. The zero-order chi connectivity index (χ0) is 22.9. The minimum atomic E-state index is -0.947. The van der Waals surface area contributed by atoms with Crippen LogP contribution < -0.4 is 15.8 Å². The van der Waals surface area contributed by atoms with E-state index in [-0.39, 0.29) is 30.2 Å². The van der Waals surface area contributed by atoms with Gasteiger partial charge in [0.1, 0.15) is 11.6 Å². The predicted octanol–water partition coefficient (Wildman–Crippen LogP) is 2.89. The molecule has 2 aliphatic rings. The lowest BCUT2D eigenvalue weighted by atomic mass is 9.93. The van der Waals surface area contributed by atoms with Crippen molar-refractivity contribution < 1.29 is 19.4 Å². The fraction of sp³-hybridized carbons (Fsp3) is 0.625. The number of nitrogens with zero attached hydrogens (tertiary/aromatic N) is 1. The van der Waals surface area contributed by atoms with Gasteiger partial charge >= 0.3 is 5.97 Å². The fourth-order valence-electron chi connectivity index (χ4n) is 4.78. The number of amides is 1. The quantitative estimate of drug-likeness (QED) is 0.324. The van der Waals surface area contributed by atoms with E-state index in [2.05, 4.69) is 5.32 Å². The summed E-state index contributed by atoms with van der Waals surface area (Å²) < 4.78 is 5.86. The molecule has 8 heteroatoms. The maximum Gasteiger partial charge on any atom is 0.305 e. The highest BCUT2D eigenvalue weighted by Gasteiger charge is 2.34. The highest BCUT2D eigenvalue weighted by atomic mass is 16.5. The number of rotatable bonds is 10. The number of carbonyl (C=O) groups excluding carboxylic acids is 1. The summed E-state index contributed by atoms with van der Waals surface area (Å²) in [6.07, 6.45) is 8.89. The molecule has 3 rings (SSSR count). The van der Waals surface area contributed by atoms with Crippen LogP contribution in [0.15, 0.2) is 24.3 Å². The number of carbonyl (C=O) groups is 2. The van der Waals surface area contributed by atoms with Crippen molar-refractivity contribution in [2.45, 2.75) is 82.3 Å². The molecule has 8 nitrogen and oxygen atoms in total. The lowest BCUT2D eigenvalue weighted by Crippen LogP contribution is -2.55. The van der Waals surface area contributed by atoms with Gasteiger partial charge in [-0.2, -0.15) is 0 Å². The van der Waals surface area contributed by atoms with Crippen LogP contribution in [0.5, 0.6) is 5.75 Å². The van der Waals surface area contributed by atoms with Crippen LogP contribution >= 0.6 is 0 Å². The van der Waals surface area contributed by atoms with Crippen LogP contribution in [0.3, 0.4) is 0 Å². The average molecular weight is 445 g/mol. The molecule has 1 heterocycles. The van der Waals surface area contributed by atoms with E-state index < -0.39 is 12.0 Å². The van der Waals surface area contributed by atoms with Gasteiger partial charge in [-0.25, -0.2) is 0 Å². The summed E-state index contributed by atoms with van der Waals surface area (Å²) in [5.74, 6) is -0.317. The number of amidine groups is 1. The topological polar surface area (TPSA) is 129 Å². The molecule has 2 fully saturated rings. The monoisotopic (exact) mass is 444 g/mol. The highest BCUT2D eigenvalue weighted by molar-refractivity contribution is 5.94. The summed E-state index contributed by atoms with van der Waals surface area (Å²) in [4.78, 5) is 26.7. The van der Waals surface area contributed by atoms with Crippen LogP contribution in [0, 0.1) is 5.41 Å². The van der Waals surface area contributed by atoms with Gasteiger partial charge in [0, 0.05) is 30.6 Å². The highest BCUT2D eigenvalue weighted by Crippen LogP contribution is 2.24. The zero-order valence-corrected chi connectivity index (χ0v) is 18.7. The first-order valence-corrected chi connectivity index (χ1v) is 11.8. The molecule has 0 unspecified atom stereocenters. The minimum Gasteiger partial charge on any atom is -0.494 e. The molecule has 1 saturated carbocycles. The molecule has 32 heavy (non-hydrogen) atoms. The van der Waals surface area contributed by atoms with Gasteiger partial charge in [-0.1, -0.05) is 19.3 Å². The first kappa shape index (κ1) is 24.0. The van der Waals surface area contributed by atoms with Crippen molar-refractivity contribution >= 4 is 17.7 Å². The summed E-state index contributed by atoms with van der Waals surface area (Å²) >= 11 is 0. The second kappa shape index (κ2) is 11.9. The normalized spacial score (nSPS) is 20.5. The van der Waals surface area contributed by atoms with Crippen molar-refractivity contribution in [1.82, 2.24) is 10.2 Å². The molecule has 1 aromatic rings. The Labute approximate surface area is 190 Å². The Hall–Kier alpha value is -2.61. The van der Waals surface area contributed by atoms with Crippen LogP contribution in [0.4, 0.5) is 0 Å². The summed E-state index contributed by atoms with van der Waals surface area (Å²) in [6.45, 7) is 1.13. The lowest BCUT2D eigenvalue weighted by molar-refractivity contribution is -0.144. The Morgan fingerprint density at radius 1 is 1.12 bits per heavy atom. The van der Waals surface area contributed by atoms with Gasteiger partial charge in [-0.15, -0.1) is 0 Å². The molecule has 2 atom stereocenters. The molecule has 1 aliphatic carbocycles. The molecule has 0 aromatic heterocycles.